The van der Waals surface area contributed by atoms with E-state index < -0.39 is 0 Å². The third-order valence-corrected chi connectivity index (χ3v) is 2.74. The molecule has 0 rings (SSSR count). The Labute approximate surface area is 90.8 Å². The average molecular weight is 217 g/mol. The zero-order valence-electron chi connectivity index (χ0n) is 9.20. The second kappa shape index (κ2) is 5.93. The molecule has 0 aliphatic heterocycles. The van der Waals surface area contributed by atoms with E-state index in [-0.39, 0.29) is 17.9 Å². The van der Waals surface area contributed by atoms with Gasteiger partial charge >= 0.3 is 0 Å². The fourth-order valence-electron chi connectivity index (χ4n) is 1.09. The molecule has 4 nitrogen and oxygen atoms in total. The van der Waals surface area contributed by atoms with Gasteiger partial charge in [-0.15, -0.1) is 0 Å². The molecular formula is C9H19N3OS. The molecule has 0 fully saturated rings. The van der Waals surface area contributed by atoms with E-state index >= 15 is 0 Å². The van der Waals surface area contributed by atoms with Crippen LogP contribution >= 0.6 is 12.2 Å². The van der Waals surface area contributed by atoms with Crippen molar-refractivity contribution in [3.8, 4) is 0 Å². The van der Waals surface area contributed by atoms with E-state index in [9.17, 15) is 4.79 Å². The van der Waals surface area contributed by atoms with Gasteiger partial charge in [-0.1, -0.05) is 19.1 Å². The quantitative estimate of drug-likeness (QED) is 0.635. The Hall–Kier alpha value is -0.680. The summed E-state index contributed by atoms with van der Waals surface area (Å²) in [6.45, 7) is 4.50. The predicted molar refractivity (Wildman–Crippen MR) is 62.1 cm³/mol. The topological polar surface area (TPSA) is 58.4 Å². The van der Waals surface area contributed by atoms with Gasteiger partial charge in [-0.2, -0.15) is 0 Å². The van der Waals surface area contributed by atoms with Crippen LogP contribution < -0.4 is 11.1 Å². The summed E-state index contributed by atoms with van der Waals surface area (Å²) in [4.78, 5) is 13.7. The summed E-state index contributed by atoms with van der Waals surface area (Å²) >= 11 is 4.87. The highest BCUT2D eigenvalue weighted by Crippen LogP contribution is 2.02. The molecule has 2 unspecified atom stereocenters. The second-order valence-electron chi connectivity index (χ2n) is 3.53. The molecule has 1 amide bonds. The van der Waals surface area contributed by atoms with Crippen LogP contribution in [0.3, 0.4) is 0 Å². The minimum Gasteiger partial charge on any atom is -0.393 e. The Morgan fingerprint density at radius 1 is 1.57 bits per heavy atom. The molecule has 0 spiro atoms. The van der Waals surface area contributed by atoms with Gasteiger partial charge in [0.25, 0.3) is 0 Å². The fourth-order valence-corrected chi connectivity index (χ4v) is 1.16. The van der Waals surface area contributed by atoms with E-state index in [0.717, 1.165) is 0 Å². The molecule has 0 saturated carbocycles. The molecule has 0 heterocycles. The largest absolute Gasteiger partial charge is 0.393 e. The molecule has 0 saturated heterocycles. The van der Waals surface area contributed by atoms with Crippen molar-refractivity contribution in [3.63, 3.8) is 0 Å². The molecule has 0 aromatic heterocycles. The van der Waals surface area contributed by atoms with Gasteiger partial charge in [0.05, 0.1) is 11.0 Å². The first-order valence-electron chi connectivity index (χ1n) is 4.61. The number of carbonyl (C=O) groups is 1. The van der Waals surface area contributed by atoms with E-state index in [1.807, 2.05) is 25.8 Å². The molecule has 0 aromatic rings. The minimum absolute atomic E-state index is 0.00244. The van der Waals surface area contributed by atoms with E-state index in [4.69, 9.17) is 18.0 Å². The van der Waals surface area contributed by atoms with Crippen molar-refractivity contribution in [1.82, 2.24) is 10.2 Å². The van der Waals surface area contributed by atoms with Crippen molar-refractivity contribution in [3.05, 3.63) is 0 Å². The van der Waals surface area contributed by atoms with Gasteiger partial charge in [-0.3, -0.25) is 9.69 Å². The minimum atomic E-state index is -0.156. The van der Waals surface area contributed by atoms with Crippen molar-refractivity contribution < 1.29 is 4.79 Å². The number of likely N-dealkylation sites (N-methyl/N-ethyl adjacent to an activating group) is 2. The summed E-state index contributed by atoms with van der Waals surface area (Å²) < 4.78 is 0. The van der Waals surface area contributed by atoms with Crippen LogP contribution in [-0.2, 0) is 4.79 Å². The van der Waals surface area contributed by atoms with Crippen LogP contribution in [0.5, 0.6) is 0 Å². The molecule has 82 valence electrons. The Morgan fingerprint density at radius 2 is 2.07 bits per heavy atom. The number of nitrogens with two attached hydrogens (primary N) is 1. The second-order valence-corrected chi connectivity index (χ2v) is 4.00. The van der Waals surface area contributed by atoms with Crippen molar-refractivity contribution >= 4 is 23.1 Å². The number of hydrogen-bond donors (Lipinski definition) is 2. The number of nitrogens with zero attached hydrogens (tertiary/aromatic N) is 1. The van der Waals surface area contributed by atoms with Gasteiger partial charge in [0, 0.05) is 19.5 Å². The third-order valence-electron chi connectivity index (χ3n) is 2.33. The molecule has 0 aliphatic carbocycles. The first-order chi connectivity index (χ1) is 6.40. The van der Waals surface area contributed by atoms with Crippen molar-refractivity contribution in [2.24, 2.45) is 11.7 Å². The number of rotatable bonds is 5. The summed E-state index contributed by atoms with van der Waals surface area (Å²) in [5.41, 5.74) is 5.50. The van der Waals surface area contributed by atoms with Crippen molar-refractivity contribution in [2.75, 3.05) is 20.6 Å². The number of amides is 1. The molecule has 0 bridgehead atoms. The van der Waals surface area contributed by atoms with Crippen molar-refractivity contribution in [1.29, 1.82) is 0 Å². The van der Waals surface area contributed by atoms with Crippen LogP contribution in [-0.4, -0.2) is 42.5 Å². The first kappa shape index (κ1) is 13.3. The van der Waals surface area contributed by atoms with Gasteiger partial charge in [-0.05, 0) is 14.0 Å². The van der Waals surface area contributed by atoms with Gasteiger partial charge in [-0.25, -0.2) is 0 Å². The zero-order valence-corrected chi connectivity index (χ0v) is 10.0. The van der Waals surface area contributed by atoms with Crippen LogP contribution in [0.25, 0.3) is 0 Å². The van der Waals surface area contributed by atoms with Crippen molar-refractivity contribution in [2.45, 2.75) is 19.9 Å². The average Bonchev–Trinajstić information content (AvgIpc) is 2.14. The number of nitrogens with one attached hydrogen (secondary N) is 1. The van der Waals surface area contributed by atoms with Gasteiger partial charge < -0.3 is 11.1 Å². The maximum absolute atomic E-state index is 11.3. The molecule has 2 atom stereocenters. The summed E-state index contributed by atoms with van der Waals surface area (Å²) in [6.07, 6.45) is 0. The summed E-state index contributed by atoms with van der Waals surface area (Å²) in [7, 11) is 3.51. The molecule has 0 radical (unpaired) electrons. The lowest BCUT2D eigenvalue weighted by Gasteiger charge is -2.25. The van der Waals surface area contributed by atoms with E-state index in [1.165, 1.54) is 0 Å². The molecule has 3 N–H and O–H groups in total. The first-order valence-corrected chi connectivity index (χ1v) is 5.02. The lowest BCUT2D eigenvalue weighted by molar-refractivity contribution is -0.125. The van der Waals surface area contributed by atoms with Gasteiger partial charge in [0.1, 0.15) is 0 Å². The molecule has 5 heteroatoms. The normalized spacial score (nSPS) is 14.9. The smallest absolute Gasteiger partial charge is 0.236 e. The molecule has 0 aromatic carbocycles. The fraction of sp³-hybridized carbons (Fsp3) is 0.778. The monoisotopic (exact) mass is 217 g/mol. The SMILES string of the molecule is CNC(=O)C(C)N(C)CC(C)C(N)=S. The lowest BCUT2D eigenvalue weighted by Crippen LogP contribution is -2.44. The maximum atomic E-state index is 11.3. The number of carbonyl (C=O) groups excluding carboxylic acids is 1. The lowest BCUT2D eigenvalue weighted by atomic mass is 10.1. The van der Waals surface area contributed by atoms with Crippen LogP contribution in [0.1, 0.15) is 13.8 Å². The molecular weight excluding hydrogens is 198 g/mol. The standard InChI is InChI=1S/C9H19N3OS/c1-6(8(10)14)5-12(4)7(2)9(13)11-3/h6-7H,5H2,1-4H3,(H2,10,14)(H,11,13). The Balaban J connectivity index is 4.13. The van der Waals surface area contributed by atoms with E-state index in [1.54, 1.807) is 7.05 Å². The number of hydrogen-bond acceptors (Lipinski definition) is 3. The third kappa shape index (κ3) is 4.02. The predicted octanol–water partition coefficient (Wildman–Crippen LogP) is -0.0251. The summed E-state index contributed by atoms with van der Waals surface area (Å²) in [5.74, 6) is 0.129. The Bertz CT molecular complexity index is 220. The van der Waals surface area contributed by atoms with Crippen LogP contribution in [0.4, 0.5) is 0 Å². The molecule has 0 aliphatic rings. The summed E-state index contributed by atoms with van der Waals surface area (Å²) in [5, 5.41) is 2.60. The Kier molecular flexibility index (Phi) is 5.64. The van der Waals surface area contributed by atoms with Gasteiger partial charge in [0.2, 0.25) is 5.91 Å². The van der Waals surface area contributed by atoms with Crippen LogP contribution in [0.2, 0.25) is 0 Å². The Morgan fingerprint density at radius 3 is 2.43 bits per heavy atom. The highest BCUT2D eigenvalue weighted by Gasteiger charge is 2.18. The molecule has 14 heavy (non-hydrogen) atoms. The highest BCUT2D eigenvalue weighted by molar-refractivity contribution is 7.80. The van der Waals surface area contributed by atoms with Crippen LogP contribution in [0, 0.1) is 5.92 Å². The van der Waals surface area contributed by atoms with Crippen LogP contribution in [0.15, 0.2) is 0 Å². The maximum Gasteiger partial charge on any atom is 0.236 e. The zero-order chi connectivity index (χ0) is 11.3. The van der Waals surface area contributed by atoms with Gasteiger partial charge in [0.15, 0.2) is 0 Å². The number of thiocarbonyl (C=S) groups is 1. The van der Waals surface area contributed by atoms with E-state index in [0.29, 0.717) is 11.5 Å². The van der Waals surface area contributed by atoms with E-state index in [2.05, 4.69) is 5.32 Å². The highest BCUT2D eigenvalue weighted by atomic mass is 32.1. The summed E-state index contributed by atoms with van der Waals surface area (Å²) in [6, 6.07) is -0.156.